The standard InChI is InChI=1S/C24H27ClN4O/c1-17-21(25)8-6-10-22(17)28-23-9-5-4-7-20(23)24(30)27-18-11-13-19(14-12-18)29(3)16-15-26-2/h4-14,26,28H,15-16H2,1-3H3,(H,27,30). The average Bonchev–Trinajstić information content (AvgIpc) is 2.76. The number of hydrogen-bond acceptors (Lipinski definition) is 4. The SMILES string of the molecule is CNCCN(C)c1ccc(NC(=O)c2ccccc2Nc2cccc(Cl)c2C)cc1. The molecule has 0 unspecified atom stereocenters. The first kappa shape index (κ1) is 21.7. The number of nitrogens with one attached hydrogen (secondary N) is 3. The summed E-state index contributed by atoms with van der Waals surface area (Å²) in [5.74, 6) is -0.172. The summed E-state index contributed by atoms with van der Waals surface area (Å²) < 4.78 is 0. The maximum atomic E-state index is 12.9. The van der Waals surface area contributed by atoms with Crippen LogP contribution in [0.3, 0.4) is 0 Å². The second-order valence-corrected chi connectivity index (χ2v) is 7.52. The van der Waals surface area contributed by atoms with Crippen LogP contribution >= 0.6 is 11.6 Å². The number of benzene rings is 3. The van der Waals surface area contributed by atoms with Crippen LogP contribution in [0.15, 0.2) is 66.7 Å². The first-order chi connectivity index (χ1) is 14.5. The first-order valence-electron chi connectivity index (χ1n) is 9.88. The van der Waals surface area contributed by atoms with Gasteiger partial charge in [0.1, 0.15) is 0 Å². The molecule has 0 spiro atoms. The van der Waals surface area contributed by atoms with E-state index in [0.717, 1.165) is 41.4 Å². The topological polar surface area (TPSA) is 56.4 Å². The molecular weight excluding hydrogens is 396 g/mol. The van der Waals surface area contributed by atoms with Crippen LogP contribution in [0.1, 0.15) is 15.9 Å². The smallest absolute Gasteiger partial charge is 0.257 e. The molecule has 3 aromatic carbocycles. The lowest BCUT2D eigenvalue weighted by Gasteiger charge is -2.19. The third-order valence-corrected chi connectivity index (χ3v) is 5.38. The molecule has 0 aliphatic heterocycles. The molecule has 0 heterocycles. The van der Waals surface area contributed by atoms with E-state index in [-0.39, 0.29) is 5.91 Å². The van der Waals surface area contributed by atoms with Crippen molar-refractivity contribution in [3.8, 4) is 0 Å². The van der Waals surface area contributed by atoms with Crippen molar-refractivity contribution in [2.75, 3.05) is 42.7 Å². The number of hydrogen-bond donors (Lipinski definition) is 3. The van der Waals surface area contributed by atoms with E-state index in [4.69, 9.17) is 11.6 Å². The zero-order valence-electron chi connectivity index (χ0n) is 17.5. The Morgan fingerprint density at radius 3 is 2.40 bits per heavy atom. The fraction of sp³-hybridized carbons (Fsp3) is 0.208. The molecule has 0 saturated carbocycles. The summed E-state index contributed by atoms with van der Waals surface area (Å²) in [5.41, 5.74) is 4.95. The maximum absolute atomic E-state index is 12.9. The monoisotopic (exact) mass is 422 g/mol. The van der Waals surface area contributed by atoms with E-state index in [0.29, 0.717) is 10.6 Å². The summed E-state index contributed by atoms with van der Waals surface area (Å²) in [4.78, 5) is 15.1. The van der Waals surface area contributed by atoms with Crippen molar-refractivity contribution in [2.45, 2.75) is 6.92 Å². The number of likely N-dealkylation sites (N-methyl/N-ethyl adjacent to an activating group) is 2. The quantitative estimate of drug-likeness (QED) is 0.461. The first-order valence-corrected chi connectivity index (χ1v) is 10.3. The Kier molecular flexibility index (Phi) is 7.33. The summed E-state index contributed by atoms with van der Waals surface area (Å²) in [6.45, 7) is 3.76. The third kappa shape index (κ3) is 5.32. The van der Waals surface area contributed by atoms with Gasteiger partial charge in [-0.3, -0.25) is 4.79 Å². The van der Waals surface area contributed by atoms with Crippen molar-refractivity contribution in [1.82, 2.24) is 5.32 Å². The molecule has 0 aliphatic rings. The van der Waals surface area contributed by atoms with Gasteiger partial charge in [-0.2, -0.15) is 0 Å². The second-order valence-electron chi connectivity index (χ2n) is 7.11. The van der Waals surface area contributed by atoms with Crippen molar-refractivity contribution in [2.24, 2.45) is 0 Å². The molecule has 3 rings (SSSR count). The Labute approximate surface area is 183 Å². The van der Waals surface area contributed by atoms with E-state index in [1.165, 1.54) is 0 Å². The predicted octanol–water partition coefficient (Wildman–Crippen LogP) is 5.30. The van der Waals surface area contributed by atoms with Crippen molar-refractivity contribution in [3.63, 3.8) is 0 Å². The van der Waals surface area contributed by atoms with Crippen LogP contribution in [0, 0.1) is 6.92 Å². The number of carbonyl (C=O) groups excluding carboxylic acids is 1. The van der Waals surface area contributed by atoms with E-state index in [2.05, 4.69) is 20.9 Å². The summed E-state index contributed by atoms with van der Waals surface area (Å²) in [5, 5.41) is 10.1. The Hall–Kier alpha value is -3.02. The summed E-state index contributed by atoms with van der Waals surface area (Å²) in [7, 11) is 3.98. The number of nitrogens with zero attached hydrogens (tertiary/aromatic N) is 1. The molecule has 6 heteroatoms. The Morgan fingerprint density at radius 2 is 1.67 bits per heavy atom. The van der Waals surface area contributed by atoms with Crippen LogP contribution < -0.4 is 20.9 Å². The molecule has 30 heavy (non-hydrogen) atoms. The minimum Gasteiger partial charge on any atom is -0.373 e. The fourth-order valence-corrected chi connectivity index (χ4v) is 3.26. The fourth-order valence-electron chi connectivity index (χ4n) is 3.08. The number of amides is 1. The third-order valence-electron chi connectivity index (χ3n) is 4.97. The van der Waals surface area contributed by atoms with E-state index in [9.17, 15) is 4.79 Å². The minimum atomic E-state index is -0.172. The highest BCUT2D eigenvalue weighted by Gasteiger charge is 2.13. The molecule has 3 aromatic rings. The van der Waals surface area contributed by atoms with Gasteiger partial charge in [-0.1, -0.05) is 29.8 Å². The largest absolute Gasteiger partial charge is 0.373 e. The zero-order chi connectivity index (χ0) is 21.5. The van der Waals surface area contributed by atoms with Gasteiger partial charge in [0.05, 0.1) is 11.3 Å². The summed E-state index contributed by atoms with van der Waals surface area (Å²) in [6, 6.07) is 21.0. The van der Waals surface area contributed by atoms with Gasteiger partial charge in [0.15, 0.2) is 0 Å². The lowest BCUT2D eigenvalue weighted by Crippen LogP contribution is -2.26. The molecule has 0 aliphatic carbocycles. The Balaban J connectivity index is 1.74. The molecule has 0 fully saturated rings. The molecule has 0 atom stereocenters. The second kappa shape index (κ2) is 10.1. The number of halogens is 1. The van der Waals surface area contributed by atoms with Gasteiger partial charge in [-0.05, 0) is 68.1 Å². The van der Waals surface area contributed by atoms with Crippen LogP contribution in [0.2, 0.25) is 5.02 Å². The lowest BCUT2D eigenvalue weighted by molar-refractivity contribution is 0.102. The van der Waals surface area contributed by atoms with Crippen LogP contribution in [0.5, 0.6) is 0 Å². The Bertz CT molecular complexity index is 1000. The van der Waals surface area contributed by atoms with E-state index in [1.54, 1.807) is 6.07 Å². The van der Waals surface area contributed by atoms with Gasteiger partial charge >= 0.3 is 0 Å². The van der Waals surface area contributed by atoms with Gasteiger partial charge < -0.3 is 20.9 Å². The molecule has 0 radical (unpaired) electrons. The summed E-state index contributed by atoms with van der Waals surface area (Å²) in [6.07, 6.45) is 0. The molecule has 1 amide bonds. The average molecular weight is 423 g/mol. The van der Waals surface area contributed by atoms with Crippen molar-refractivity contribution in [1.29, 1.82) is 0 Å². The van der Waals surface area contributed by atoms with Crippen LogP contribution in [-0.2, 0) is 0 Å². The van der Waals surface area contributed by atoms with Gasteiger partial charge in [-0.15, -0.1) is 0 Å². The van der Waals surface area contributed by atoms with Crippen LogP contribution in [-0.4, -0.2) is 33.1 Å². The number of anilines is 4. The predicted molar refractivity (Wildman–Crippen MR) is 128 cm³/mol. The minimum absolute atomic E-state index is 0.172. The van der Waals surface area contributed by atoms with E-state index < -0.39 is 0 Å². The molecular formula is C24H27ClN4O. The van der Waals surface area contributed by atoms with E-state index >= 15 is 0 Å². The highest BCUT2D eigenvalue weighted by atomic mass is 35.5. The van der Waals surface area contributed by atoms with Gasteiger partial charge in [-0.25, -0.2) is 0 Å². The van der Waals surface area contributed by atoms with Crippen molar-refractivity contribution >= 4 is 40.3 Å². The maximum Gasteiger partial charge on any atom is 0.257 e. The molecule has 0 bridgehead atoms. The number of rotatable bonds is 8. The van der Waals surface area contributed by atoms with Crippen LogP contribution in [0.4, 0.5) is 22.7 Å². The highest BCUT2D eigenvalue weighted by Crippen LogP contribution is 2.28. The molecule has 0 aromatic heterocycles. The number of para-hydroxylation sites is 1. The van der Waals surface area contributed by atoms with Crippen molar-refractivity contribution in [3.05, 3.63) is 82.9 Å². The Morgan fingerprint density at radius 1 is 0.967 bits per heavy atom. The molecule has 156 valence electrons. The number of carbonyl (C=O) groups is 1. The van der Waals surface area contributed by atoms with Gasteiger partial charge in [0, 0.05) is 42.2 Å². The normalized spacial score (nSPS) is 10.5. The summed E-state index contributed by atoms with van der Waals surface area (Å²) >= 11 is 6.23. The van der Waals surface area contributed by atoms with Crippen LogP contribution in [0.25, 0.3) is 0 Å². The van der Waals surface area contributed by atoms with Gasteiger partial charge in [0.25, 0.3) is 5.91 Å². The highest BCUT2D eigenvalue weighted by molar-refractivity contribution is 6.31. The molecule has 0 saturated heterocycles. The van der Waals surface area contributed by atoms with E-state index in [1.807, 2.05) is 81.7 Å². The lowest BCUT2D eigenvalue weighted by atomic mass is 10.1. The van der Waals surface area contributed by atoms with Gasteiger partial charge in [0.2, 0.25) is 0 Å². The molecule has 5 nitrogen and oxygen atoms in total. The zero-order valence-corrected chi connectivity index (χ0v) is 18.3. The molecule has 3 N–H and O–H groups in total. The van der Waals surface area contributed by atoms with Crippen molar-refractivity contribution < 1.29 is 4.79 Å².